The molecule has 2 aliphatic rings. The van der Waals surface area contributed by atoms with Crippen LogP contribution in [0.3, 0.4) is 0 Å². The second kappa shape index (κ2) is 13.4. The summed E-state index contributed by atoms with van der Waals surface area (Å²) in [6, 6.07) is 4.18. The van der Waals surface area contributed by atoms with Gasteiger partial charge in [-0.05, 0) is 36.6 Å². The lowest BCUT2D eigenvalue weighted by Crippen LogP contribution is -2.52. The lowest BCUT2D eigenvalue weighted by molar-refractivity contribution is -0.145. The molecular formula is C28H31F6N3O4. The van der Waals surface area contributed by atoms with Crippen LogP contribution in [0.4, 0.5) is 26.3 Å². The van der Waals surface area contributed by atoms with Gasteiger partial charge in [0.05, 0.1) is 19.4 Å². The van der Waals surface area contributed by atoms with E-state index in [1.807, 2.05) is 0 Å². The first kappa shape index (κ1) is 31.9. The number of rotatable bonds is 12. The molecule has 13 heteroatoms. The molecule has 0 aliphatic carbocycles. The summed E-state index contributed by atoms with van der Waals surface area (Å²) in [4.78, 5) is 39.2. The number of amides is 3. The third-order valence-electron chi connectivity index (χ3n) is 6.67. The maximum atomic E-state index is 13.0. The molecule has 0 bridgehead atoms. The summed E-state index contributed by atoms with van der Waals surface area (Å²) in [7, 11) is 0. The summed E-state index contributed by atoms with van der Waals surface area (Å²) in [5.74, 6) is -0.822. The monoisotopic (exact) mass is 587 g/mol. The Balaban J connectivity index is 1.65. The number of hydrogen-bond donors (Lipinski definition) is 1. The summed E-state index contributed by atoms with van der Waals surface area (Å²) in [6.07, 6.45) is -6.54. The van der Waals surface area contributed by atoms with E-state index >= 15 is 0 Å². The van der Waals surface area contributed by atoms with E-state index in [4.69, 9.17) is 4.74 Å². The Kier molecular flexibility index (Phi) is 10.4. The van der Waals surface area contributed by atoms with Crippen molar-refractivity contribution in [3.8, 4) is 5.75 Å². The molecule has 1 aromatic rings. The number of nitrogens with zero attached hydrogens (tertiary/aromatic N) is 2. The Hall–Kier alpha value is -3.61. The molecule has 0 aromatic heterocycles. The van der Waals surface area contributed by atoms with Crippen LogP contribution in [-0.4, -0.2) is 72.2 Å². The zero-order valence-corrected chi connectivity index (χ0v) is 22.4. The Morgan fingerprint density at radius 2 is 1.76 bits per heavy atom. The van der Waals surface area contributed by atoms with Gasteiger partial charge >= 0.3 is 12.4 Å². The molecule has 41 heavy (non-hydrogen) atoms. The number of ether oxygens (including phenoxy) is 1. The van der Waals surface area contributed by atoms with Gasteiger partial charge in [-0.3, -0.25) is 24.6 Å². The van der Waals surface area contributed by atoms with Gasteiger partial charge < -0.3 is 9.64 Å². The van der Waals surface area contributed by atoms with E-state index in [1.54, 1.807) is 37.3 Å². The maximum Gasteiger partial charge on any atom is 0.390 e. The highest BCUT2D eigenvalue weighted by molar-refractivity contribution is 6.05. The highest BCUT2D eigenvalue weighted by atomic mass is 19.4. The fourth-order valence-electron chi connectivity index (χ4n) is 4.46. The van der Waals surface area contributed by atoms with E-state index in [9.17, 15) is 40.7 Å². The van der Waals surface area contributed by atoms with E-state index in [-0.39, 0.29) is 44.4 Å². The van der Waals surface area contributed by atoms with Crippen LogP contribution in [-0.2, 0) is 16.1 Å². The number of allylic oxidation sites excluding steroid dienone is 2. The van der Waals surface area contributed by atoms with Crippen LogP contribution in [0.5, 0.6) is 5.75 Å². The molecule has 0 radical (unpaired) electrons. The quantitative estimate of drug-likeness (QED) is 0.209. The molecule has 1 atom stereocenters. The van der Waals surface area contributed by atoms with Crippen LogP contribution < -0.4 is 10.1 Å². The van der Waals surface area contributed by atoms with Crippen molar-refractivity contribution < 1.29 is 45.5 Å². The van der Waals surface area contributed by atoms with Gasteiger partial charge in [-0.25, -0.2) is 0 Å². The molecule has 2 heterocycles. The van der Waals surface area contributed by atoms with Crippen LogP contribution >= 0.6 is 0 Å². The van der Waals surface area contributed by atoms with Crippen LogP contribution in [0.1, 0.15) is 48.5 Å². The average molecular weight is 588 g/mol. The standard InChI is InChI=1S/C28H31F6N3O4/c1-3-19(15-36(13-11-27(29,30)31)14-12-28(32,33)34)8-7-18(2)17-41-23-6-4-5-20-21(23)16-37(26(20)40)22-9-10-24(38)35-25(22)39/h3-8,22H,1,9-17H2,2H3,(H,35,38,39)/b18-7+,19-8+. The second-order valence-electron chi connectivity index (χ2n) is 9.94. The predicted octanol–water partition coefficient (Wildman–Crippen LogP) is 5.09. The minimum absolute atomic E-state index is 0.0792. The Morgan fingerprint density at radius 3 is 2.34 bits per heavy atom. The van der Waals surface area contributed by atoms with Crippen molar-refractivity contribution in [3.63, 3.8) is 0 Å². The molecule has 1 fully saturated rings. The highest BCUT2D eigenvalue weighted by Gasteiger charge is 2.40. The van der Waals surface area contributed by atoms with Crippen molar-refractivity contribution in [1.82, 2.24) is 15.1 Å². The first-order chi connectivity index (χ1) is 19.2. The fraction of sp³-hybridized carbons (Fsp3) is 0.464. The normalized spacial score (nSPS) is 18.6. The highest BCUT2D eigenvalue weighted by Crippen LogP contribution is 2.33. The van der Waals surface area contributed by atoms with E-state index < -0.39 is 50.2 Å². The van der Waals surface area contributed by atoms with E-state index in [0.717, 1.165) is 4.90 Å². The predicted molar refractivity (Wildman–Crippen MR) is 138 cm³/mol. The van der Waals surface area contributed by atoms with Crippen LogP contribution in [0.15, 0.2) is 54.2 Å². The summed E-state index contributed by atoms with van der Waals surface area (Å²) in [6.45, 7) is 4.25. The van der Waals surface area contributed by atoms with Crippen LogP contribution in [0.2, 0.25) is 0 Å². The molecule has 3 amide bonds. The molecule has 3 rings (SSSR count). The van der Waals surface area contributed by atoms with E-state index in [2.05, 4.69) is 11.9 Å². The number of imide groups is 1. The Morgan fingerprint density at radius 1 is 1.10 bits per heavy atom. The molecule has 224 valence electrons. The number of carbonyl (C=O) groups excluding carboxylic acids is 3. The molecule has 1 N–H and O–H groups in total. The third-order valence-corrected chi connectivity index (χ3v) is 6.67. The van der Waals surface area contributed by atoms with Gasteiger partial charge in [0.25, 0.3) is 5.91 Å². The van der Waals surface area contributed by atoms with Gasteiger partial charge in [0.2, 0.25) is 11.8 Å². The average Bonchev–Trinajstić information content (AvgIpc) is 3.22. The topological polar surface area (TPSA) is 79.0 Å². The van der Waals surface area contributed by atoms with Crippen molar-refractivity contribution >= 4 is 17.7 Å². The van der Waals surface area contributed by atoms with Crippen LogP contribution in [0.25, 0.3) is 0 Å². The molecule has 1 saturated heterocycles. The van der Waals surface area contributed by atoms with Crippen molar-refractivity contribution in [2.75, 3.05) is 26.2 Å². The molecular weight excluding hydrogens is 556 g/mol. The maximum absolute atomic E-state index is 13.0. The summed E-state index contributed by atoms with van der Waals surface area (Å²) in [5.41, 5.74) is 2.10. The fourth-order valence-corrected chi connectivity index (χ4v) is 4.46. The SMILES string of the molecule is C=C/C(=C\C=C(/C)COc1cccc2c1CN(C1CCC(=O)NC1=O)C2=O)CN(CCC(F)(F)F)CCC(F)(F)F. The zero-order chi connectivity index (χ0) is 30.4. The minimum atomic E-state index is -4.50. The van der Waals surface area contributed by atoms with Gasteiger partial charge in [0, 0.05) is 37.2 Å². The van der Waals surface area contributed by atoms with Gasteiger partial charge in [0.15, 0.2) is 0 Å². The number of halogens is 6. The molecule has 0 saturated carbocycles. The summed E-state index contributed by atoms with van der Waals surface area (Å²) in [5, 5.41) is 2.25. The Labute approximate surface area is 233 Å². The number of hydrogen-bond acceptors (Lipinski definition) is 5. The third kappa shape index (κ3) is 9.48. The first-order valence-corrected chi connectivity index (χ1v) is 12.9. The molecule has 1 aromatic carbocycles. The number of alkyl halides is 6. The van der Waals surface area contributed by atoms with Gasteiger partial charge in [-0.1, -0.05) is 30.9 Å². The van der Waals surface area contributed by atoms with Crippen molar-refractivity contribution in [3.05, 3.63) is 65.3 Å². The lowest BCUT2D eigenvalue weighted by atomic mass is 10.0. The largest absolute Gasteiger partial charge is 0.489 e. The number of fused-ring (bicyclic) bond motifs is 1. The zero-order valence-electron chi connectivity index (χ0n) is 22.4. The molecule has 2 aliphatic heterocycles. The molecule has 1 unspecified atom stereocenters. The van der Waals surface area contributed by atoms with Gasteiger partial charge in [0.1, 0.15) is 18.4 Å². The second-order valence-corrected chi connectivity index (χ2v) is 9.94. The van der Waals surface area contributed by atoms with Gasteiger partial charge in [-0.15, -0.1) is 0 Å². The first-order valence-electron chi connectivity index (χ1n) is 12.9. The van der Waals surface area contributed by atoms with Gasteiger partial charge in [-0.2, -0.15) is 26.3 Å². The van der Waals surface area contributed by atoms with E-state index in [1.165, 1.54) is 11.0 Å². The number of piperidine rings is 1. The number of carbonyl (C=O) groups is 3. The van der Waals surface area contributed by atoms with Crippen molar-refractivity contribution in [2.24, 2.45) is 0 Å². The summed E-state index contributed by atoms with van der Waals surface area (Å²) >= 11 is 0. The molecule has 0 spiro atoms. The number of benzene rings is 1. The van der Waals surface area contributed by atoms with Crippen molar-refractivity contribution in [1.29, 1.82) is 0 Å². The lowest BCUT2D eigenvalue weighted by Gasteiger charge is -2.29. The summed E-state index contributed by atoms with van der Waals surface area (Å²) < 4.78 is 82.0. The Bertz CT molecular complexity index is 1200. The molecule has 7 nitrogen and oxygen atoms in total. The van der Waals surface area contributed by atoms with Crippen LogP contribution in [0, 0.1) is 0 Å². The minimum Gasteiger partial charge on any atom is -0.489 e. The smallest absolute Gasteiger partial charge is 0.390 e. The van der Waals surface area contributed by atoms with E-state index in [0.29, 0.717) is 28.0 Å². The van der Waals surface area contributed by atoms with Crippen molar-refractivity contribution in [2.45, 2.75) is 57.5 Å². The number of nitrogens with one attached hydrogen (secondary N) is 1.